The van der Waals surface area contributed by atoms with E-state index in [-0.39, 0.29) is 5.82 Å². The fourth-order valence-corrected chi connectivity index (χ4v) is 2.32. The first kappa shape index (κ1) is 12.1. The minimum Gasteiger partial charge on any atom is -0.280 e. The molecule has 1 heterocycles. The third-order valence-electron chi connectivity index (χ3n) is 2.97. The van der Waals surface area contributed by atoms with E-state index >= 15 is 0 Å². The number of halogens is 2. The average Bonchev–Trinajstić information content (AvgIpc) is 2.89. The second kappa shape index (κ2) is 4.97. The Labute approximate surface area is 115 Å². The van der Waals surface area contributed by atoms with E-state index in [1.54, 1.807) is 17.0 Å². The van der Waals surface area contributed by atoms with E-state index in [1.165, 1.54) is 12.1 Å². The van der Waals surface area contributed by atoms with Gasteiger partial charge in [0.25, 0.3) is 0 Å². The van der Waals surface area contributed by atoms with Crippen molar-refractivity contribution in [3.05, 3.63) is 59.4 Å². The Morgan fingerprint density at radius 1 is 1.26 bits per heavy atom. The molecule has 0 saturated carbocycles. The summed E-state index contributed by atoms with van der Waals surface area (Å²) in [5.41, 5.74) is 1.67. The van der Waals surface area contributed by atoms with Crippen molar-refractivity contribution in [3.63, 3.8) is 0 Å². The number of rotatable bonds is 2. The largest absolute Gasteiger partial charge is 0.280 e. The molecule has 0 saturated heterocycles. The molecule has 0 atom stereocenters. The summed E-state index contributed by atoms with van der Waals surface area (Å²) < 4.78 is 14.9. The lowest BCUT2D eigenvalue weighted by Crippen LogP contribution is -2.01. The quantitative estimate of drug-likeness (QED) is 0.835. The molecule has 0 spiro atoms. The molecule has 5 heteroatoms. The van der Waals surface area contributed by atoms with Crippen LogP contribution in [0.1, 0.15) is 18.7 Å². The van der Waals surface area contributed by atoms with Crippen molar-refractivity contribution < 1.29 is 4.39 Å². The molecule has 0 aliphatic heterocycles. The molecule has 19 heavy (non-hydrogen) atoms. The maximum atomic E-state index is 13.1. The van der Waals surface area contributed by atoms with Gasteiger partial charge in [0.1, 0.15) is 12.1 Å². The lowest BCUT2D eigenvalue weighted by Gasteiger charge is -2.10. The van der Waals surface area contributed by atoms with Gasteiger partial charge < -0.3 is 0 Å². The number of aromatic nitrogens is 3. The van der Waals surface area contributed by atoms with E-state index in [9.17, 15) is 4.39 Å². The van der Waals surface area contributed by atoms with Crippen LogP contribution in [0.3, 0.4) is 0 Å². The van der Waals surface area contributed by atoms with Gasteiger partial charge in [-0.05, 0) is 31.0 Å². The zero-order valence-electron chi connectivity index (χ0n) is 10.1. The monoisotopic (exact) mass is 275 g/mol. The molecule has 0 N–H and O–H groups in total. The zero-order chi connectivity index (χ0) is 13.2. The summed E-state index contributed by atoms with van der Waals surface area (Å²) in [6.07, 6.45) is 9.82. The molecule has 3 rings (SSSR count). The lowest BCUT2D eigenvalue weighted by molar-refractivity contribution is 0.627. The van der Waals surface area contributed by atoms with Crippen molar-refractivity contribution in [2.24, 2.45) is 0 Å². The van der Waals surface area contributed by atoms with Crippen LogP contribution in [0.15, 0.2) is 42.8 Å². The number of hydrogen-bond acceptors (Lipinski definition) is 2. The molecule has 0 amide bonds. The topological polar surface area (TPSA) is 30.7 Å². The van der Waals surface area contributed by atoms with Gasteiger partial charge in [0, 0.05) is 5.57 Å². The minimum atomic E-state index is -0.361. The van der Waals surface area contributed by atoms with Crippen molar-refractivity contribution >= 4 is 17.2 Å². The zero-order valence-corrected chi connectivity index (χ0v) is 10.8. The van der Waals surface area contributed by atoms with Crippen molar-refractivity contribution in [1.82, 2.24) is 14.8 Å². The van der Waals surface area contributed by atoms with Gasteiger partial charge in [0.2, 0.25) is 0 Å². The van der Waals surface area contributed by atoms with Crippen LogP contribution in [0.4, 0.5) is 4.39 Å². The molecule has 1 aliphatic rings. The van der Waals surface area contributed by atoms with Crippen LogP contribution >= 0.6 is 11.6 Å². The summed E-state index contributed by atoms with van der Waals surface area (Å²) in [4.78, 5) is 0. The van der Waals surface area contributed by atoms with Crippen LogP contribution < -0.4 is 0 Å². The molecular formula is C14H11ClFN3. The normalized spacial score (nSPS) is 14.5. The van der Waals surface area contributed by atoms with Crippen LogP contribution in [0.5, 0.6) is 0 Å². The molecule has 0 fully saturated rings. The number of nitrogens with zero attached hydrogens (tertiary/aromatic N) is 3. The molecule has 96 valence electrons. The smallest absolute Gasteiger partial charge is 0.168 e. The van der Waals surface area contributed by atoms with Crippen LogP contribution in [0.25, 0.3) is 11.3 Å². The molecule has 1 aliphatic carbocycles. The summed E-state index contributed by atoms with van der Waals surface area (Å²) in [6.45, 7) is 0. The molecule has 0 bridgehead atoms. The van der Waals surface area contributed by atoms with Gasteiger partial charge >= 0.3 is 0 Å². The van der Waals surface area contributed by atoms with Crippen LogP contribution in [0, 0.1) is 5.82 Å². The van der Waals surface area contributed by atoms with Gasteiger partial charge in [-0.1, -0.05) is 29.8 Å². The van der Waals surface area contributed by atoms with Crippen molar-refractivity contribution in [3.8, 4) is 5.69 Å². The lowest BCUT2D eigenvalue weighted by atomic mass is 10.1. The van der Waals surface area contributed by atoms with Crippen molar-refractivity contribution in [1.29, 1.82) is 0 Å². The highest BCUT2D eigenvalue weighted by Gasteiger charge is 2.13. The summed E-state index contributed by atoms with van der Waals surface area (Å²) in [5.74, 6) is 0.351. The predicted molar refractivity (Wildman–Crippen MR) is 72.7 cm³/mol. The van der Waals surface area contributed by atoms with E-state index in [1.807, 2.05) is 6.08 Å². The van der Waals surface area contributed by atoms with E-state index in [0.717, 1.165) is 18.4 Å². The molecule has 2 aromatic rings. The summed E-state index contributed by atoms with van der Waals surface area (Å²) in [7, 11) is 0. The third-order valence-corrected chi connectivity index (χ3v) is 3.27. The van der Waals surface area contributed by atoms with Crippen molar-refractivity contribution in [2.45, 2.75) is 12.8 Å². The Kier molecular flexibility index (Phi) is 3.17. The Morgan fingerprint density at radius 3 is 2.89 bits per heavy atom. The molecule has 3 nitrogen and oxygen atoms in total. The predicted octanol–water partition coefficient (Wildman–Crippen LogP) is 3.79. The third kappa shape index (κ3) is 2.31. The van der Waals surface area contributed by atoms with Crippen LogP contribution in [-0.4, -0.2) is 14.8 Å². The second-order valence-electron chi connectivity index (χ2n) is 4.26. The summed E-state index contributed by atoms with van der Waals surface area (Å²) in [6, 6.07) is 4.28. The minimum absolute atomic E-state index is 0.335. The highest BCUT2D eigenvalue weighted by atomic mass is 35.5. The molecule has 1 aromatic heterocycles. The molecule has 0 radical (unpaired) electrons. The van der Waals surface area contributed by atoms with Crippen LogP contribution in [-0.2, 0) is 0 Å². The van der Waals surface area contributed by atoms with Crippen molar-refractivity contribution in [2.75, 3.05) is 0 Å². The Bertz CT molecular complexity index is 673. The first-order valence-corrected chi connectivity index (χ1v) is 6.36. The van der Waals surface area contributed by atoms with Gasteiger partial charge in [-0.15, -0.1) is 10.2 Å². The first-order valence-electron chi connectivity index (χ1n) is 5.98. The maximum Gasteiger partial charge on any atom is 0.168 e. The van der Waals surface area contributed by atoms with Gasteiger partial charge in [0.15, 0.2) is 5.82 Å². The molecular weight excluding hydrogens is 265 g/mol. The summed E-state index contributed by atoms with van der Waals surface area (Å²) in [5, 5.41) is 8.38. The van der Waals surface area contributed by atoms with Gasteiger partial charge in [-0.2, -0.15) is 0 Å². The van der Waals surface area contributed by atoms with Gasteiger partial charge in [-0.25, -0.2) is 4.39 Å². The summed E-state index contributed by atoms with van der Waals surface area (Å²) >= 11 is 6.08. The Morgan fingerprint density at radius 2 is 2.16 bits per heavy atom. The van der Waals surface area contributed by atoms with E-state index in [2.05, 4.69) is 22.3 Å². The highest BCUT2D eigenvalue weighted by Crippen LogP contribution is 2.26. The number of benzene rings is 1. The van der Waals surface area contributed by atoms with Crippen LogP contribution in [0.2, 0.25) is 5.02 Å². The van der Waals surface area contributed by atoms with E-state index < -0.39 is 0 Å². The highest BCUT2D eigenvalue weighted by molar-refractivity contribution is 6.32. The van der Waals surface area contributed by atoms with Gasteiger partial charge in [-0.3, -0.25) is 4.57 Å². The standard InChI is InChI=1S/C14H11ClFN3/c15-12-8-11(16)6-7-13(12)19-9-17-18-14(19)10-4-2-1-3-5-10/h2,4-9H,1,3H2. The van der Waals surface area contributed by atoms with Gasteiger partial charge in [0.05, 0.1) is 10.7 Å². The number of hydrogen-bond donors (Lipinski definition) is 0. The average molecular weight is 276 g/mol. The van der Waals surface area contributed by atoms with E-state index in [4.69, 9.17) is 11.6 Å². The van der Waals surface area contributed by atoms with E-state index in [0.29, 0.717) is 16.5 Å². The Balaban J connectivity index is 2.09. The first-order chi connectivity index (χ1) is 9.25. The fourth-order valence-electron chi connectivity index (χ4n) is 2.06. The SMILES string of the molecule is Fc1ccc(-n2cnnc2C2=CCCC=C2)c(Cl)c1. The Hall–Kier alpha value is -1.94. The fraction of sp³-hybridized carbons (Fsp3) is 0.143. The molecule has 1 aromatic carbocycles. The second-order valence-corrected chi connectivity index (χ2v) is 4.67. The maximum absolute atomic E-state index is 13.1. The molecule has 0 unspecified atom stereocenters. The number of allylic oxidation sites excluding steroid dienone is 4.